The van der Waals surface area contributed by atoms with E-state index in [4.69, 9.17) is 0 Å². The van der Waals surface area contributed by atoms with Crippen LogP contribution in [0.4, 0.5) is 0 Å². The topological polar surface area (TPSA) is 76.9 Å². The fourth-order valence-corrected chi connectivity index (χ4v) is 3.72. The molecule has 0 saturated carbocycles. The lowest BCUT2D eigenvalue weighted by atomic mass is 9.59. The molecule has 2 amide bonds. The average Bonchev–Trinajstić information content (AvgIpc) is 2.98. The van der Waals surface area contributed by atoms with Crippen LogP contribution in [-0.4, -0.2) is 34.1 Å². The minimum Gasteiger partial charge on any atom is -0.295 e. The fraction of sp³-hybridized carbons (Fsp3) is 0.500. The summed E-state index contributed by atoms with van der Waals surface area (Å²) >= 11 is 0. The SMILES string of the molecule is C[B]C1CCCc2c1ccc1nn(C3CCC(=O)NC3=O)nc21. The van der Waals surface area contributed by atoms with Gasteiger partial charge in [0.05, 0.1) is 0 Å². The van der Waals surface area contributed by atoms with Crippen molar-refractivity contribution in [1.29, 1.82) is 0 Å². The minimum absolute atomic E-state index is 0.221. The number of imide groups is 1. The van der Waals surface area contributed by atoms with E-state index in [1.807, 2.05) is 6.07 Å². The van der Waals surface area contributed by atoms with Crippen LogP contribution < -0.4 is 5.32 Å². The maximum absolute atomic E-state index is 12.0. The Hall–Kier alpha value is -2.18. The molecule has 0 bridgehead atoms. The molecule has 1 saturated heterocycles. The number of nitrogens with one attached hydrogen (secondary N) is 1. The molecule has 0 spiro atoms. The second kappa shape index (κ2) is 5.47. The smallest absolute Gasteiger partial charge is 0.253 e. The van der Waals surface area contributed by atoms with Crippen LogP contribution >= 0.6 is 0 Å². The first kappa shape index (κ1) is 14.4. The molecule has 1 fully saturated rings. The van der Waals surface area contributed by atoms with Crippen molar-refractivity contribution in [2.75, 3.05) is 0 Å². The van der Waals surface area contributed by atoms with Gasteiger partial charge in [0, 0.05) is 6.42 Å². The first-order valence-corrected chi connectivity index (χ1v) is 8.19. The van der Waals surface area contributed by atoms with Crippen molar-refractivity contribution in [1.82, 2.24) is 20.3 Å². The molecule has 2 aliphatic rings. The Bertz CT molecular complexity index is 801. The quantitative estimate of drug-likeness (QED) is 0.674. The van der Waals surface area contributed by atoms with Crippen LogP contribution in [0, 0.1) is 0 Å². The van der Waals surface area contributed by atoms with E-state index in [9.17, 15) is 9.59 Å². The number of aryl methyl sites for hydroxylation is 1. The summed E-state index contributed by atoms with van der Waals surface area (Å²) in [5.74, 6) is -0.0549. The summed E-state index contributed by atoms with van der Waals surface area (Å²) in [6.45, 7) is 2.10. The van der Waals surface area contributed by atoms with Gasteiger partial charge in [0.25, 0.3) is 5.91 Å². The standard InChI is InChI=1S/C16H18BN4O2/c1-17-11-4-2-3-10-9(11)5-6-12-15(10)20-21(19-12)13-7-8-14(22)18-16(13)23/h5-6,11,13H,2-4,7-8H2,1H3,(H,18,22,23). The van der Waals surface area contributed by atoms with E-state index in [0.29, 0.717) is 18.7 Å². The molecule has 1 aromatic heterocycles. The highest BCUT2D eigenvalue weighted by atomic mass is 16.2. The van der Waals surface area contributed by atoms with Gasteiger partial charge in [-0.3, -0.25) is 14.9 Å². The Morgan fingerprint density at radius 1 is 1.22 bits per heavy atom. The van der Waals surface area contributed by atoms with Crippen LogP contribution in [0.25, 0.3) is 11.0 Å². The summed E-state index contributed by atoms with van der Waals surface area (Å²) in [7, 11) is 2.24. The first-order chi connectivity index (χ1) is 11.2. The van der Waals surface area contributed by atoms with Gasteiger partial charge in [-0.05, 0) is 42.3 Å². The van der Waals surface area contributed by atoms with Gasteiger partial charge in [-0.15, -0.1) is 0 Å². The second-order valence-corrected chi connectivity index (χ2v) is 6.32. The number of piperidine rings is 1. The third kappa shape index (κ3) is 2.35. The highest BCUT2D eigenvalue weighted by Gasteiger charge is 2.30. The Morgan fingerprint density at radius 3 is 2.87 bits per heavy atom. The average molecular weight is 309 g/mol. The molecular formula is C16H18BN4O2. The summed E-state index contributed by atoms with van der Waals surface area (Å²) in [6, 6.07) is 3.64. The maximum Gasteiger partial charge on any atom is 0.253 e. The third-order valence-electron chi connectivity index (χ3n) is 4.94. The van der Waals surface area contributed by atoms with Crippen molar-refractivity contribution in [3.05, 3.63) is 23.3 Å². The Kier molecular flexibility index (Phi) is 3.43. The van der Waals surface area contributed by atoms with Gasteiger partial charge in [0.1, 0.15) is 18.3 Å². The molecule has 7 heteroatoms. The monoisotopic (exact) mass is 309 g/mol. The van der Waals surface area contributed by atoms with E-state index < -0.39 is 6.04 Å². The number of rotatable bonds is 2. The molecule has 1 N–H and O–H groups in total. The number of carbonyl (C=O) groups excluding carboxylic acids is 2. The number of nitrogens with zero attached hydrogens (tertiary/aromatic N) is 3. The van der Waals surface area contributed by atoms with Crippen molar-refractivity contribution in [3.8, 4) is 0 Å². The van der Waals surface area contributed by atoms with Gasteiger partial charge in [-0.25, -0.2) is 0 Å². The lowest BCUT2D eigenvalue weighted by molar-refractivity contribution is -0.136. The van der Waals surface area contributed by atoms with Gasteiger partial charge in [-0.1, -0.05) is 19.3 Å². The molecule has 4 rings (SSSR count). The van der Waals surface area contributed by atoms with Crippen LogP contribution in [-0.2, 0) is 16.0 Å². The van der Waals surface area contributed by atoms with Crippen molar-refractivity contribution in [2.24, 2.45) is 0 Å². The molecule has 2 aromatic rings. The zero-order valence-corrected chi connectivity index (χ0v) is 13.1. The van der Waals surface area contributed by atoms with Crippen molar-refractivity contribution >= 4 is 30.1 Å². The predicted octanol–water partition coefficient (Wildman–Crippen LogP) is 1.54. The molecular weight excluding hydrogens is 291 g/mol. The van der Waals surface area contributed by atoms with Crippen LogP contribution in [0.3, 0.4) is 0 Å². The molecule has 1 radical (unpaired) electrons. The summed E-state index contributed by atoms with van der Waals surface area (Å²) < 4.78 is 0. The van der Waals surface area contributed by atoms with E-state index in [1.165, 1.54) is 22.3 Å². The number of hydrogen-bond donors (Lipinski definition) is 1. The van der Waals surface area contributed by atoms with Gasteiger partial charge in [-0.2, -0.15) is 15.0 Å². The molecule has 1 aliphatic carbocycles. The van der Waals surface area contributed by atoms with Crippen molar-refractivity contribution < 1.29 is 9.59 Å². The number of aromatic nitrogens is 3. The third-order valence-corrected chi connectivity index (χ3v) is 4.94. The van der Waals surface area contributed by atoms with E-state index in [-0.39, 0.29) is 11.8 Å². The number of hydrogen-bond acceptors (Lipinski definition) is 4. The lowest BCUT2D eigenvalue weighted by Crippen LogP contribution is -2.42. The molecule has 6 nitrogen and oxygen atoms in total. The van der Waals surface area contributed by atoms with E-state index in [1.54, 1.807) is 0 Å². The van der Waals surface area contributed by atoms with Gasteiger partial charge in [0.15, 0.2) is 6.04 Å². The minimum atomic E-state index is -0.493. The maximum atomic E-state index is 12.0. The summed E-state index contributed by atoms with van der Waals surface area (Å²) in [6.07, 6.45) is 4.12. The first-order valence-electron chi connectivity index (χ1n) is 8.19. The molecule has 2 atom stereocenters. The molecule has 2 heterocycles. The van der Waals surface area contributed by atoms with E-state index in [0.717, 1.165) is 23.9 Å². The van der Waals surface area contributed by atoms with Gasteiger partial charge < -0.3 is 0 Å². The lowest BCUT2D eigenvalue weighted by Gasteiger charge is -2.24. The summed E-state index contributed by atoms with van der Waals surface area (Å²) in [5, 5.41) is 11.5. The fourth-order valence-electron chi connectivity index (χ4n) is 3.72. The number of benzene rings is 1. The van der Waals surface area contributed by atoms with E-state index >= 15 is 0 Å². The summed E-state index contributed by atoms with van der Waals surface area (Å²) in [4.78, 5) is 24.8. The zero-order chi connectivity index (χ0) is 16.0. The summed E-state index contributed by atoms with van der Waals surface area (Å²) in [5.41, 5.74) is 4.32. The van der Waals surface area contributed by atoms with Crippen molar-refractivity contribution in [3.63, 3.8) is 0 Å². The Balaban J connectivity index is 1.77. The van der Waals surface area contributed by atoms with Gasteiger partial charge in [0.2, 0.25) is 5.91 Å². The van der Waals surface area contributed by atoms with Gasteiger partial charge >= 0.3 is 0 Å². The Morgan fingerprint density at radius 2 is 2.09 bits per heavy atom. The van der Waals surface area contributed by atoms with E-state index in [2.05, 4.69) is 35.7 Å². The number of amides is 2. The largest absolute Gasteiger partial charge is 0.295 e. The van der Waals surface area contributed by atoms with Crippen LogP contribution in [0.1, 0.15) is 48.7 Å². The molecule has 23 heavy (non-hydrogen) atoms. The van der Waals surface area contributed by atoms with Crippen molar-refractivity contribution in [2.45, 2.75) is 50.8 Å². The highest BCUT2D eigenvalue weighted by molar-refractivity contribution is 6.36. The molecule has 2 unspecified atom stereocenters. The van der Waals surface area contributed by atoms with Crippen LogP contribution in [0.5, 0.6) is 0 Å². The zero-order valence-electron chi connectivity index (χ0n) is 13.1. The second-order valence-electron chi connectivity index (χ2n) is 6.32. The predicted molar refractivity (Wildman–Crippen MR) is 86.2 cm³/mol. The van der Waals surface area contributed by atoms with Crippen LogP contribution in [0.15, 0.2) is 12.1 Å². The normalized spacial score (nSPS) is 24.4. The number of fused-ring (bicyclic) bond motifs is 3. The number of carbonyl (C=O) groups is 2. The molecule has 1 aliphatic heterocycles. The highest BCUT2D eigenvalue weighted by Crippen LogP contribution is 2.34. The molecule has 1 aromatic carbocycles. The Labute approximate surface area is 134 Å². The van der Waals surface area contributed by atoms with Crippen LogP contribution in [0.2, 0.25) is 6.82 Å². The molecule has 117 valence electrons.